The van der Waals surface area contributed by atoms with Crippen molar-refractivity contribution in [3.63, 3.8) is 0 Å². The molecule has 2 heterocycles. The van der Waals surface area contributed by atoms with Crippen LogP contribution in [0.25, 0.3) is 0 Å². The molecule has 0 unspecified atom stereocenters. The Labute approximate surface area is 91.0 Å². The first kappa shape index (κ1) is 10.0. The van der Waals surface area contributed by atoms with E-state index in [0.717, 1.165) is 17.3 Å². The molecule has 0 radical (unpaired) electrons. The largest absolute Gasteiger partial charge is 0.381 e. The summed E-state index contributed by atoms with van der Waals surface area (Å²) in [4.78, 5) is 8.47. The third-order valence-corrected chi connectivity index (χ3v) is 2.86. The van der Waals surface area contributed by atoms with E-state index >= 15 is 0 Å². The molecule has 1 aromatic rings. The summed E-state index contributed by atoms with van der Waals surface area (Å²) < 4.78 is 6.14. The molecular weight excluding hydrogens is 246 g/mol. The molecule has 14 heavy (non-hydrogen) atoms. The number of hydrogen-bond donors (Lipinski definition) is 1. The predicted molar refractivity (Wildman–Crippen MR) is 55.7 cm³/mol. The summed E-state index contributed by atoms with van der Waals surface area (Å²) in [6.07, 6.45) is 5.03. The number of nitrogens with two attached hydrogens (primary N) is 1. The summed E-state index contributed by atoms with van der Waals surface area (Å²) in [5.41, 5.74) is 5.81. The van der Waals surface area contributed by atoms with Crippen molar-refractivity contribution < 1.29 is 4.74 Å². The highest BCUT2D eigenvalue weighted by Gasteiger charge is 2.32. The molecule has 0 aromatic carbocycles. The van der Waals surface area contributed by atoms with Gasteiger partial charge in [0.15, 0.2) is 0 Å². The van der Waals surface area contributed by atoms with Gasteiger partial charge < -0.3 is 10.5 Å². The summed E-state index contributed by atoms with van der Waals surface area (Å²) in [6.45, 7) is 1.38. The lowest BCUT2D eigenvalue weighted by molar-refractivity contribution is 0.0491. The monoisotopic (exact) mass is 257 g/mol. The lowest BCUT2D eigenvalue weighted by Gasteiger charge is -2.31. The number of hydrogen-bond acceptors (Lipinski definition) is 4. The maximum atomic E-state index is 6.21. The molecule has 0 amide bonds. The second kappa shape index (κ2) is 3.92. The lowest BCUT2D eigenvalue weighted by Crippen LogP contribution is -2.43. The van der Waals surface area contributed by atoms with Crippen molar-refractivity contribution >= 4 is 15.9 Å². The van der Waals surface area contributed by atoms with Gasteiger partial charge in [0, 0.05) is 25.6 Å². The van der Waals surface area contributed by atoms with E-state index in [1.54, 1.807) is 12.4 Å². The van der Waals surface area contributed by atoms with Crippen LogP contribution in [0.4, 0.5) is 0 Å². The SMILES string of the molecule is NC1(c2ncc(Br)cn2)CCOCC1. The van der Waals surface area contributed by atoms with E-state index in [2.05, 4.69) is 25.9 Å². The molecule has 4 nitrogen and oxygen atoms in total. The van der Waals surface area contributed by atoms with Crippen molar-refractivity contribution in [1.82, 2.24) is 9.97 Å². The summed E-state index contributed by atoms with van der Waals surface area (Å²) in [6, 6.07) is 0. The molecule has 1 aliphatic rings. The first-order valence-electron chi connectivity index (χ1n) is 4.55. The van der Waals surface area contributed by atoms with E-state index in [0.29, 0.717) is 19.0 Å². The highest BCUT2D eigenvalue weighted by molar-refractivity contribution is 9.10. The van der Waals surface area contributed by atoms with Crippen LogP contribution < -0.4 is 5.73 Å². The minimum Gasteiger partial charge on any atom is -0.381 e. The summed E-state index contributed by atoms with van der Waals surface area (Å²) >= 11 is 3.30. The van der Waals surface area contributed by atoms with Crippen molar-refractivity contribution in [3.8, 4) is 0 Å². The van der Waals surface area contributed by atoms with Crippen molar-refractivity contribution in [3.05, 3.63) is 22.7 Å². The van der Waals surface area contributed by atoms with Gasteiger partial charge in [0.1, 0.15) is 5.82 Å². The molecule has 5 heteroatoms. The lowest BCUT2D eigenvalue weighted by atomic mass is 9.90. The Kier molecular flexibility index (Phi) is 2.80. The first-order valence-corrected chi connectivity index (χ1v) is 5.35. The van der Waals surface area contributed by atoms with Gasteiger partial charge in [-0.25, -0.2) is 9.97 Å². The molecular formula is C9H12BrN3O. The molecule has 76 valence electrons. The molecule has 0 atom stereocenters. The third-order valence-electron chi connectivity index (χ3n) is 2.45. The average Bonchev–Trinajstić information content (AvgIpc) is 2.19. The van der Waals surface area contributed by atoms with Crippen LogP contribution in [0.1, 0.15) is 18.7 Å². The van der Waals surface area contributed by atoms with Crippen LogP contribution in [0, 0.1) is 0 Å². The van der Waals surface area contributed by atoms with Crippen molar-refractivity contribution in [1.29, 1.82) is 0 Å². The van der Waals surface area contributed by atoms with Crippen LogP contribution in [0.15, 0.2) is 16.9 Å². The fourth-order valence-corrected chi connectivity index (χ4v) is 1.73. The molecule has 0 bridgehead atoms. The zero-order valence-electron chi connectivity index (χ0n) is 7.74. The van der Waals surface area contributed by atoms with Crippen LogP contribution in [-0.2, 0) is 10.3 Å². The van der Waals surface area contributed by atoms with E-state index in [9.17, 15) is 0 Å². The molecule has 0 spiro atoms. The third kappa shape index (κ3) is 1.94. The topological polar surface area (TPSA) is 61.0 Å². The van der Waals surface area contributed by atoms with Gasteiger partial charge in [-0.05, 0) is 28.8 Å². The van der Waals surface area contributed by atoms with Crippen LogP contribution in [-0.4, -0.2) is 23.2 Å². The highest BCUT2D eigenvalue weighted by Crippen LogP contribution is 2.26. The van der Waals surface area contributed by atoms with Crippen molar-refractivity contribution in [2.45, 2.75) is 18.4 Å². The Morgan fingerprint density at radius 2 is 1.86 bits per heavy atom. The van der Waals surface area contributed by atoms with E-state index in [4.69, 9.17) is 10.5 Å². The summed E-state index contributed by atoms with van der Waals surface area (Å²) in [5, 5.41) is 0. The van der Waals surface area contributed by atoms with Gasteiger partial charge in [0.25, 0.3) is 0 Å². The van der Waals surface area contributed by atoms with Gasteiger partial charge >= 0.3 is 0 Å². The second-order valence-corrected chi connectivity index (χ2v) is 4.41. The van der Waals surface area contributed by atoms with Crippen LogP contribution >= 0.6 is 15.9 Å². The number of ether oxygens (including phenoxy) is 1. The fraction of sp³-hybridized carbons (Fsp3) is 0.556. The molecule has 0 aliphatic carbocycles. The van der Waals surface area contributed by atoms with Gasteiger partial charge in [-0.15, -0.1) is 0 Å². The summed E-state index contributed by atoms with van der Waals surface area (Å²) in [7, 11) is 0. The molecule has 2 N–H and O–H groups in total. The molecule has 0 saturated carbocycles. The van der Waals surface area contributed by atoms with E-state index in [-0.39, 0.29) is 0 Å². The molecule has 1 fully saturated rings. The number of rotatable bonds is 1. The zero-order chi connectivity index (χ0) is 10.0. The van der Waals surface area contributed by atoms with Crippen molar-refractivity contribution in [2.75, 3.05) is 13.2 Å². The molecule has 1 aromatic heterocycles. The van der Waals surface area contributed by atoms with Gasteiger partial charge in [-0.3, -0.25) is 0 Å². The second-order valence-electron chi connectivity index (χ2n) is 3.49. The van der Waals surface area contributed by atoms with Gasteiger partial charge in [-0.2, -0.15) is 0 Å². The normalized spacial score (nSPS) is 20.7. The quantitative estimate of drug-likeness (QED) is 0.822. The Morgan fingerprint density at radius 3 is 2.43 bits per heavy atom. The Balaban J connectivity index is 2.23. The van der Waals surface area contributed by atoms with Crippen LogP contribution in [0.3, 0.4) is 0 Å². The van der Waals surface area contributed by atoms with Crippen LogP contribution in [0.2, 0.25) is 0 Å². The summed E-state index contributed by atoms with van der Waals surface area (Å²) in [5.74, 6) is 0.712. The number of nitrogens with zero attached hydrogens (tertiary/aromatic N) is 2. The van der Waals surface area contributed by atoms with Gasteiger partial charge in [-0.1, -0.05) is 0 Å². The fourth-order valence-electron chi connectivity index (χ4n) is 1.53. The van der Waals surface area contributed by atoms with Crippen molar-refractivity contribution in [2.24, 2.45) is 5.73 Å². The molecule has 1 saturated heterocycles. The Bertz CT molecular complexity index is 308. The number of aromatic nitrogens is 2. The van der Waals surface area contributed by atoms with E-state index in [1.807, 2.05) is 0 Å². The smallest absolute Gasteiger partial charge is 0.148 e. The zero-order valence-corrected chi connectivity index (χ0v) is 9.33. The standard InChI is InChI=1S/C9H12BrN3O/c10-7-5-12-8(13-6-7)9(11)1-3-14-4-2-9/h5-6H,1-4,11H2. The van der Waals surface area contributed by atoms with E-state index in [1.165, 1.54) is 0 Å². The minimum atomic E-state index is -0.404. The highest BCUT2D eigenvalue weighted by atomic mass is 79.9. The predicted octanol–water partition coefficient (Wildman–Crippen LogP) is 1.20. The first-order chi connectivity index (χ1) is 6.71. The number of halogens is 1. The van der Waals surface area contributed by atoms with Crippen LogP contribution in [0.5, 0.6) is 0 Å². The van der Waals surface area contributed by atoms with Gasteiger partial charge in [0.05, 0.1) is 10.0 Å². The Morgan fingerprint density at radius 1 is 1.29 bits per heavy atom. The average molecular weight is 258 g/mol. The maximum absolute atomic E-state index is 6.21. The molecule has 1 aliphatic heterocycles. The minimum absolute atomic E-state index is 0.404. The van der Waals surface area contributed by atoms with E-state index < -0.39 is 5.54 Å². The maximum Gasteiger partial charge on any atom is 0.148 e. The van der Waals surface area contributed by atoms with Gasteiger partial charge in [0.2, 0.25) is 0 Å². The molecule has 2 rings (SSSR count). The Hall–Kier alpha value is -0.520.